The van der Waals surface area contributed by atoms with Crippen LogP contribution in [-0.4, -0.2) is 28.1 Å². The Kier molecular flexibility index (Phi) is 2.77. The van der Waals surface area contributed by atoms with Crippen LogP contribution in [-0.2, 0) is 18.2 Å². The van der Waals surface area contributed by atoms with Gasteiger partial charge in [-0.05, 0) is 19.8 Å². The minimum absolute atomic E-state index is 0.0619. The molecule has 0 atom stereocenters. The van der Waals surface area contributed by atoms with Crippen molar-refractivity contribution in [2.75, 3.05) is 6.61 Å². The molecule has 2 rings (SSSR count). The topological polar surface area (TPSA) is 61.2 Å². The van der Waals surface area contributed by atoms with Gasteiger partial charge in [-0.15, -0.1) is 0 Å². The number of hydrogen-bond donors (Lipinski definition) is 0. The second kappa shape index (κ2) is 4.08. The summed E-state index contributed by atoms with van der Waals surface area (Å²) in [6.07, 6.45) is 2.04. The highest BCUT2D eigenvalue weighted by atomic mass is 16.5. The highest BCUT2D eigenvalue weighted by Gasteiger charge is 2.28. The Bertz CT molecular complexity index is 448. The van der Waals surface area contributed by atoms with E-state index in [0.29, 0.717) is 24.4 Å². The third-order valence-electron chi connectivity index (χ3n) is 2.71. The van der Waals surface area contributed by atoms with E-state index in [2.05, 4.69) is 5.10 Å². The molecule has 1 aliphatic rings. The highest BCUT2D eigenvalue weighted by molar-refractivity contribution is 6.00. The monoisotopic (exact) mass is 222 g/mol. The molecule has 0 unspecified atom stereocenters. The summed E-state index contributed by atoms with van der Waals surface area (Å²) in [6.45, 7) is 2.07. The second-order valence-electron chi connectivity index (χ2n) is 3.80. The fourth-order valence-electron chi connectivity index (χ4n) is 2.06. The van der Waals surface area contributed by atoms with Gasteiger partial charge < -0.3 is 4.74 Å². The first-order valence-electron chi connectivity index (χ1n) is 5.41. The van der Waals surface area contributed by atoms with E-state index >= 15 is 0 Å². The summed E-state index contributed by atoms with van der Waals surface area (Å²) >= 11 is 0. The van der Waals surface area contributed by atoms with Crippen LogP contribution < -0.4 is 0 Å². The average Bonchev–Trinajstić information content (AvgIpc) is 2.58. The van der Waals surface area contributed by atoms with E-state index in [1.165, 1.54) is 4.68 Å². The summed E-state index contributed by atoms with van der Waals surface area (Å²) in [6, 6.07) is 0. The Morgan fingerprint density at radius 2 is 2.25 bits per heavy atom. The van der Waals surface area contributed by atoms with Crippen LogP contribution in [0.4, 0.5) is 0 Å². The SMILES string of the molecule is CCOC(=O)c1nn(C)c2c1CCCC2=O. The fourth-order valence-corrected chi connectivity index (χ4v) is 2.06. The van der Waals surface area contributed by atoms with Crippen molar-refractivity contribution < 1.29 is 14.3 Å². The molecule has 0 radical (unpaired) electrons. The summed E-state index contributed by atoms with van der Waals surface area (Å²) in [5, 5.41) is 4.08. The quantitative estimate of drug-likeness (QED) is 0.703. The van der Waals surface area contributed by atoms with E-state index in [0.717, 1.165) is 18.4 Å². The molecule has 0 bridgehead atoms. The molecule has 1 aromatic heterocycles. The van der Waals surface area contributed by atoms with Crippen molar-refractivity contribution in [2.24, 2.45) is 7.05 Å². The molecule has 16 heavy (non-hydrogen) atoms. The van der Waals surface area contributed by atoms with Gasteiger partial charge in [-0.25, -0.2) is 4.79 Å². The number of nitrogens with zero attached hydrogens (tertiary/aromatic N) is 2. The third kappa shape index (κ3) is 1.62. The number of carbonyl (C=O) groups is 2. The first-order chi connectivity index (χ1) is 7.65. The maximum absolute atomic E-state index is 11.7. The maximum atomic E-state index is 11.7. The Labute approximate surface area is 93.4 Å². The van der Waals surface area contributed by atoms with E-state index < -0.39 is 5.97 Å². The van der Waals surface area contributed by atoms with Gasteiger partial charge in [0.1, 0.15) is 5.69 Å². The van der Waals surface area contributed by atoms with Gasteiger partial charge in [0.15, 0.2) is 11.5 Å². The van der Waals surface area contributed by atoms with Crippen LogP contribution in [0.25, 0.3) is 0 Å². The summed E-state index contributed by atoms with van der Waals surface area (Å²) in [5.74, 6) is -0.374. The molecule has 86 valence electrons. The summed E-state index contributed by atoms with van der Waals surface area (Å²) in [7, 11) is 1.69. The van der Waals surface area contributed by atoms with Gasteiger partial charge in [0, 0.05) is 19.0 Å². The van der Waals surface area contributed by atoms with Crippen molar-refractivity contribution in [3.05, 3.63) is 17.0 Å². The number of fused-ring (bicyclic) bond motifs is 1. The zero-order valence-electron chi connectivity index (χ0n) is 9.45. The van der Waals surface area contributed by atoms with Crippen molar-refractivity contribution in [2.45, 2.75) is 26.2 Å². The number of carbonyl (C=O) groups excluding carboxylic acids is 2. The minimum atomic E-state index is -0.436. The standard InChI is InChI=1S/C11H14N2O3/c1-3-16-11(15)9-7-5-4-6-8(14)10(7)13(2)12-9/h3-6H2,1-2H3. The van der Waals surface area contributed by atoms with Crippen LogP contribution in [0.5, 0.6) is 0 Å². The highest BCUT2D eigenvalue weighted by Crippen LogP contribution is 2.24. The van der Waals surface area contributed by atoms with Gasteiger partial charge in [-0.1, -0.05) is 0 Å². The fraction of sp³-hybridized carbons (Fsp3) is 0.545. The predicted octanol–water partition coefficient (Wildman–Crippen LogP) is 1.12. The van der Waals surface area contributed by atoms with Crippen molar-refractivity contribution in [1.82, 2.24) is 9.78 Å². The third-order valence-corrected chi connectivity index (χ3v) is 2.71. The van der Waals surface area contributed by atoms with Gasteiger partial charge >= 0.3 is 5.97 Å². The number of aryl methyl sites for hydroxylation is 1. The molecular weight excluding hydrogens is 208 g/mol. The first kappa shape index (κ1) is 10.9. The van der Waals surface area contributed by atoms with Gasteiger partial charge in [0.25, 0.3) is 0 Å². The van der Waals surface area contributed by atoms with Gasteiger partial charge in [0.2, 0.25) is 0 Å². The molecule has 0 N–H and O–H groups in total. The molecule has 0 aromatic carbocycles. The van der Waals surface area contributed by atoms with Crippen LogP contribution in [0.15, 0.2) is 0 Å². The molecule has 0 saturated heterocycles. The molecule has 1 aliphatic carbocycles. The normalized spacial score (nSPS) is 14.8. The molecule has 5 nitrogen and oxygen atoms in total. The molecular formula is C11H14N2O3. The van der Waals surface area contributed by atoms with Gasteiger partial charge in [0.05, 0.1) is 6.61 Å². The number of hydrogen-bond acceptors (Lipinski definition) is 4. The van der Waals surface area contributed by atoms with Gasteiger partial charge in [-0.2, -0.15) is 5.10 Å². The van der Waals surface area contributed by atoms with Gasteiger partial charge in [-0.3, -0.25) is 9.48 Å². The maximum Gasteiger partial charge on any atom is 0.359 e. The molecule has 0 fully saturated rings. The van der Waals surface area contributed by atoms with Crippen LogP contribution >= 0.6 is 0 Å². The smallest absolute Gasteiger partial charge is 0.359 e. The van der Waals surface area contributed by atoms with Crippen molar-refractivity contribution in [1.29, 1.82) is 0 Å². The van der Waals surface area contributed by atoms with E-state index in [9.17, 15) is 9.59 Å². The lowest BCUT2D eigenvalue weighted by atomic mass is 9.94. The zero-order valence-corrected chi connectivity index (χ0v) is 9.45. The Morgan fingerprint density at radius 3 is 2.94 bits per heavy atom. The molecule has 0 amide bonds. The second-order valence-corrected chi connectivity index (χ2v) is 3.80. The van der Waals surface area contributed by atoms with Crippen molar-refractivity contribution in [3.63, 3.8) is 0 Å². The number of esters is 1. The lowest BCUT2D eigenvalue weighted by molar-refractivity contribution is 0.0517. The predicted molar refractivity (Wildman–Crippen MR) is 56.4 cm³/mol. The van der Waals surface area contributed by atoms with E-state index in [1.807, 2.05) is 0 Å². The first-order valence-corrected chi connectivity index (χ1v) is 5.41. The molecule has 0 aliphatic heterocycles. The number of Topliss-reactive ketones (excluding diaryl/α,β-unsaturated/α-hetero) is 1. The lowest BCUT2D eigenvalue weighted by Gasteiger charge is -2.11. The number of aromatic nitrogens is 2. The molecule has 1 heterocycles. The van der Waals surface area contributed by atoms with Crippen molar-refractivity contribution >= 4 is 11.8 Å². The van der Waals surface area contributed by atoms with E-state index in [-0.39, 0.29) is 5.78 Å². The number of ketones is 1. The number of ether oxygens (including phenoxy) is 1. The average molecular weight is 222 g/mol. The van der Waals surface area contributed by atoms with E-state index in [4.69, 9.17) is 4.74 Å². The lowest BCUT2D eigenvalue weighted by Crippen LogP contribution is -2.15. The minimum Gasteiger partial charge on any atom is -0.461 e. The zero-order chi connectivity index (χ0) is 11.7. The molecule has 5 heteroatoms. The van der Waals surface area contributed by atoms with Crippen LogP contribution in [0.1, 0.15) is 46.3 Å². The van der Waals surface area contributed by atoms with Crippen molar-refractivity contribution in [3.8, 4) is 0 Å². The largest absolute Gasteiger partial charge is 0.461 e. The Morgan fingerprint density at radius 1 is 1.50 bits per heavy atom. The molecule has 0 spiro atoms. The Hall–Kier alpha value is -1.65. The summed E-state index contributed by atoms with van der Waals surface area (Å²) < 4.78 is 6.41. The molecule has 0 saturated carbocycles. The van der Waals surface area contributed by atoms with E-state index in [1.54, 1.807) is 14.0 Å². The van der Waals surface area contributed by atoms with Crippen LogP contribution in [0.2, 0.25) is 0 Å². The molecule has 1 aromatic rings. The summed E-state index contributed by atoms with van der Waals surface area (Å²) in [4.78, 5) is 23.3. The van der Waals surface area contributed by atoms with Crippen LogP contribution in [0, 0.1) is 0 Å². The van der Waals surface area contributed by atoms with Crippen LogP contribution in [0.3, 0.4) is 0 Å². The summed E-state index contributed by atoms with van der Waals surface area (Å²) in [5.41, 5.74) is 1.61. The number of rotatable bonds is 2. The Balaban J connectivity index is 2.45.